The van der Waals surface area contributed by atoms with Crippen molar-refractivity contribution in [2.45, 2.75) is 58.4 Å². The number of hydrogen-bond donors (Lipinski definition) is 0. The van der Waals surface area contributed by atoms with E-state index in [0.717, 1.165) is 25.7 Å². The molecule has 0 radical (unpaired) electrons. The molecule has 1 saturated heterocycles. The van der Waals surface area contributed by atoms with Crippen molar-refractivity contribution in [2.75, 3.05) is 26.7 Å². The molecule has 0 aromatic heterocycles. The normalized spacial score (nSPS) is 24.8. The second kappa shape index (κ2) is 5.60. The molecule has 1 spiro atoms. The van der Waals surface area contributed by atoms with Crippen LogP contribution in [0.1, 0.15) is 52.4 Å². The summed E-state index contributed by atoms with van der Waals surface area (Å²) in [5, 5.41) is 0. The average Bonchev–Trinajstić information content (AvgIpc) is 2.39. The summed E-state index contributed by atoms with van der Waals surface area (Å²) < 4.78 is 0. The first-order valence-electron chi connectivity index (χ1n) is 7.52. The van der Waals surface area contributed by atoms with Gasteiger partial charge in [-0.15, -0.1) is 0 Å². The fraction of sp³-hybridized carbons (Fsp3) is 0.933. The van der Waals surface area contributed by atoms with Crippen LogP contribution in [0.15, 0.2) is 0 Å². The van der Waals surface area contributed by atoms with Crippen molar-refractivity contribution in [1.82, 2.24) is 9.80 Å². The van der Waals surface area contributed by atoms with E-state index in [1.807, 2.05) is 4.90 Å². The molecule has 1 aliphatic heterocycles. The highest BCUT2D eigenvalue weighted by molar-refractivity contribution is 5.73. The second-order valence-corrected chi connectivity index (χ2v) is 6.31. The van der Waals surface area contributed by atoms with Crippen LogP contribution in [0.25, 0.3) is 0 Å². The number of amides is 1. The summed E-state index contributed by atoms with van der Waals surface area (Å²) in [7, 11) is 2.25. The number of hydrogen-bond acceptors (Lipinski definition) is 2. The lowest BCUT2D eigenvalue weighted by Crippen LogP contribution is -2.46. The fourth-order valence-electron chi connectivity index (χ4n) is 3.71. The summed E-state index contributed by atoms with van der Waals surface area (Å²) in [6.07, 6.45) is 7.90. The minimum atomic E-state index is 0.254. The van der Waals surface area contributed by atoms with Gasteiger partial charge in [0.15, 0.2) is 0 Å². The van der Waals surface area contributed by atoms with Crippen molar-refractivity contribution >= 4 is 5.91 Å². The number of rotatable bonds is 2. The molecular weight excluding hydrogens is 224 g/mol. The minimum Gasteiger partial charge on any atom is -0.343 e. The smallest absolute Gasteiger partial charge is 0.219 e. The number of likely N-dealkylation sites (tertiary alicyclic amines) is 1. The SMILES string of the molecule is CCN(C)C1CCC2(CC1)CCN(C(C)=O)CC2. The van der Waals surface area contributed by atoms with Crippen LogP contribution in [0.4, 0.5) is 0 Å². The first-order chi connectivity index (χ1) is 8.56. The maximum atomic E-state index is 11.4. The largest absolute Gasteiger partial charge is 0.343 e. The molecule has 1 aliphatic carbocycles. The highest BCUT2D eigenvalue weighted by Gasteiger charge is 2.38. The standard InChI is InChI=1S/C15H28N2O/c1-4-16(3)14-5-7-15(8-6-14)9-11-17(12-10-15)13(2)18/h14H,4-12H2,1-3H3. The van der Waals surface area contributed by atoms with Gasteiger partial charge in [0.25, 0.3) is 0 Å². The van der Waals surface area contributed by atoms with Crippen molar-refractivity contribution in [2.24, 2.45) is 5.41 Å². The molecule has 1 amide bonds. The van der Waals surface area contributed by atoms with Crippen LogP contribution in [-0.4, -0.2) is 48.4 Å². The van der Waals surface area contributed by atoms with Crippen LogP contribution in [0, 0.1) is 5.41 Å². The summed E-state index contributed by atoms with van der Waals surface area (Å²) in [5.41, 5.74) is 0.566. The van der Waals surface area contributed by atoms with Crippen LogP contribution in [0.5, 0.6) is 0 Å². The number of carbonyl (C=O) groups excluding carboxylic acids is 1. The van der Waals surface area contributed by atoms with Gasteiger partial charge in [0, 0.05) is 26.1 Å². The van der Waals surface area contributed by atoms with Crippen molar-refractivity contribution in [3.05, 3.63) is 0 Å². The van der Waals surface area contributed by atoms with Crippen LogP contribution in [-0.2, 0) is 4.79 Å². The lowest BCUT2D eigenvalue weighted by molar-refractivity contribution is -0.131. The maximum absolute atomic E-state index is 11.4. The number of nitrogens with zero attached hydrogens (tertiary/aromatic N) is 2. The molecule has 0 aromatic rings. The predicted molar refractivity (Wildman–Crippen MR) is 74.5 cm³/mol. The molecule has 18 heavy (non-hydrogen) atoms. The Morgan fingerprint density at radius 3 is 2.22 bits per heavy atom. The van der Waals surface area contributed by atoms with E-state index in [0.29, 0.717) is 5.41 Å². The van der Waals surface area contributed by atoms with E-state index in [2.05, 4.69) is 18.9 Å². The van der Waals surface area contributed by atoms with Crippen molar-refractivity contribution in [3.8, 4) is 0 Å². The summed E-state index contributed by atoms with van der Waals surface area (Å²) in [6.45, 7) is 7.09. The third-order valence-electron chi connectivity index (χ3n) is 5.41. The first-order valence-corrected chi connectivity index (χ1v) is 7.52. The van der Waals surface area contributed by atoms with E-state index in [9.17, 15) is 4.79 Å². The van der Waals surface area contributed by atoms with Gasteiger partial charge in [0.05, 0.1) is 0 Å². The molecule has 2 aliphatic rings. The Morgan fingerprint density at radius 2 is 1.78 bits per heavy atom. The van der Waals surface area contributed by atoms with Gasteiger partial charge >= 0.3 is 0 Å². The van der Waals surface area contributed by atoms with Crippen molar-refractivity contribution in [3.63, 3.8) is 0 Å². The highest BCUT2D eigenvalue weighted by atomic mass is 16.2. The van der Waals surface area contributed by atoms with E-state index in [4.69, 9.17) is 0 Å². The summed E-state index contributed by atoms with van der Waals surface area (Å²) >= 11 is 0. The quantitative estimate of drug-likeness (QED) is 0.754. The topological polar surface area (TPSA) is 23.6 Å². The molecule has 2 rings (SSSR count). The summed E-state index contributed by atoms with van der Waals surface area (Å²) in [6, 6.07) is 0.798. The molecule has 0 N–H and O–H groups in total. The van der Waals surface area contributed by atoms with Gasteiger partial charge in [0.1, 0.15) is 0 Å². The average molecular weight is 252 g/mol. The Labute approximate surface area is 112 Å². The molecule has 2 fully saturated rings. The van der Waals surface area contributed by atoms with Crippen molar-refractivity contribution in [1.29, 1.82) is 0 Å². The van der Waals surface area contributed by atoms with Gasteiger partial charge in [0.2, 0.25) is 5.91 Å². The van der Waals surface area contributed by atoms with Gasteiger partial charge in [-0.25, -0.2) is 0 Å². The first kappa shape index (κ1) is 13.9. The zero-order chi connectivity index (χ0) is 13.2. The second-order valence-electron chi connectivity index (χ2n) is 6.31. The molecule has 3 nitrogen and oxygen atoms in total. The summed E-state index contributed by atoms with van der Waals surface area (Å²) in [4.78, 5) is 15.9. The number of piperidine rings is 1. The minimum absolute atomic E-state index is 0.254. The Morgan fingerprint density at radius 1 is 1.22 bits per heavy atom. The molecule has 1 heterocycles. The molecule has 1 saturated carbocycles. The molecule has 104 valence electrons. The fourth-order valence-corrected chi connectivity index (χ4v) is 3.71. The van der Waals surface area contributed by atoms with E-state index >= 15 is 0 Å². The van der Waals surface area contributed by atoms with E-state index in [1.165, 1.54) is 38.5 Å². The van der Waals surface area contributed by atoms with E-state index in [-0.39, 0.29) is 5.91 Å². The molecular formula is C15H28N2O. The lowest BCUT2D eigenvalue weighted by Gasteiger charge is -2.47. The molecule has 3 heteroatoms. The molecule has 0 atom stereocenters. The Kier molecular flexibility index (Phi) is 4.31. The monoisotopic (exact) mass is 252 g/mol. The third kappa shape index (κ3) is 2.87. The Bertz CT molecular complexity index is 285. The number of carbonyl (C=O) groups is 1. The van der Waals surface area contributed by atoms with Crippen LogP contribution in [0.3, 0.4) is 0 Å². The summed E-state index contributed by atoms with van der Waals surface area (Å²) in [5.74, 6) is 0.254. The third-order valence-corrected chi connectivity index (χ3v) is 5.41. The highest BCUT2D eigenvalue weighted by Crippen LogP contribution is 2.45. The van der Waals surface area contributed by atoms with Gasteiger partial charge in [-0.05, 0) is 57.5 Å². The molecule has 0 aromatic carbocycles. The van der Waals surface area contributed by atoms with Crippen LogP contribution in [0.2, 0.25) is 0 Å². The van der Waals surface area contributed by atoms with Gasteiger partial charge < -0.3 is 9.80 Å². The molecule has 0 bridgehead atoms. The zero-order valence-electron chi connectivity index (χ0n) is 12.2. The Balaban J connectivity index is 1.84. The van der Waals surface area contributed by atoms with Gasteiger partial charge in [-0.1, -0.05) is 6.92 Å². The van der Waals surface area contributed by atoms with Crippen LogP contribution >= 0.6 is 0 Å². The van der Waals surface area contributed by atoms with E-state index in [1.54, 1.807) is 6.92 Å². The van der Waals surface area contributed by atoms with Gasteiger partial charge in [-0.3, -0.25) is 4.79 Å². The van der Waals surface area contributed by atoms with Gasteiger partial charge in [-0.2, -0.15) is 0 Å². The van der Waals surface area contributed by atoms with Crippen molar-refractivity contribution < 1.29 is 4.79 Å². The zero-order valence-corrected chi connectivity index (χ0v) is 12.2. The van der Waals surface area contributed by atoms with Crippen LogP contribution < -0.4 is 0 Å². The molecule has 0 unspecified atom stereocenters. The van der Waals surface area contributed by atoms with E-state index < -0.39 is 0 Å². The predicted octanol–water partition coefficient (Wildman–Crippen LogP) is 2.51. The Hall–Kier alpha value is -0.570. The maximum Gasteiger partial charge on any atom is 0.219 e. The lowest BCUT2D eigenvalue weighted by atomic mass is 9.67.